The third-order valence-corrected chi connectivity index (χ3v) is 6.17. The van der Waals surface area contributed by atoms with Crippen molar-refractivity contribution in [1.82, 2.24) is 4.90 Å². The summed E-state index contributed by atoms with van der Waals surface area (Å²) in [7, 11) is 1.70. The van der Waals surface area contributed by atoms with Gasteiger partial charge in [-0.2, -0.15) is 0 Å². The molecule has 3 heteroatoms. The van der Waals surface area contributed by atoms with Gasteiger partial charge in [0, 0.05) is 24.9 Å². The summed E-state index contributed by atoms with van der Waals surface area (Å²) < 4.78 is 5.27. The second-order valence-electron chi connectivity index (χ2n) is 7.64. The van der Waals surface area contributed by atoms with Crippen LogP contribution in [0.15, 0.2) is 36.4 Å². The molecule has 4 atom stereocenters. The number of carbonyl (C=O) groups excluding carboxylic acids is 1. The lowest BCUT2D eigenvalue weighted by molar-refractivity contribution is -0.136. The summed E-state index contributed by atoms with van der Waals surface area (Å²) in [6, 6.07) is 8.40. The average Bonchev–Trinajstić information content (AvgIpc) is 3.17. The zero-order valence-corrected chi connectivity index (χ0v) is 14.5. The molecule has 24 heavy (non-hydrogen) atoms. The first-order valence-corrected chi connectivity index (χ1v) is 9.35. The molecule has 1 aliphatic heterocycles. The molecule has 1 aromatic rings. The van der Waals surface area contributed by atoms with Crippen LogP contribution in [0.3, 0.4) is 0 Å². The summed E-state index contributed by atoms with van der Waals surface area (Å²) in [5.41, 5.74) is 1.34. The predicted molar refractivity (Wildman–Crippen MR) is 95.0 cm³/mol. The number of fused-ring (bicyclic) bond motifs is 2. The summed E-state index contributed by atoms with van der Waals surface area (Å²) in [5.74, 6) is 3.17. The Morgan fingerprint density at radius 2 is 1.96 bits per heavy atom. The van der Waals surface area contributed by atoms with Gasteiger partial charge in [-0.05, 0) is 55.2 Å². The topological polar surface area (TPSA) is 29.5 Å². The summed E-state index contributed by atoms with van der Waals surface area (Å²) >= 11 is 0. The highest BCUT2D eigenvalue weighted by molar-refractivity contribution is 5.80. The first kappa shape index (κ1) is 15.7. The van der Waals surface area contributed by atoms with Gasteiger partial charge < -0.3 is 9.64 Å². The van der Waals surface area contributed by atoms with E-state index in [1.54, 1.807) is 7.11 Å². The smallest absolute Gasteiger partial charge is 0.226 e. The fraction of sp³-hybridized carbons (Fsp3) is 0.571. The average molecular weight is 325 g/mol. The van der Waals surface area contributed by atoms with E-state index in [1.165, 1.54) is 24.8 Å². The van der Waals surface area contributed by atoms with E-state index in [2.05, 4.69) is 29.2 Å². The fourth-order valence-corrected chi connectivity index (χ4v) is 4.79. The van der Waals surface area contributed by atoms with E-state index in [1.807, 2.05) is 12.1 Å². The summed E-state index contributed by atoms with van der Waals surface area (Å²) in [4.78, 5) is 15.3. The van der Waals surface area contributed by atoms with E-state index in [4.69, 9.17) is 4.74 Å². The molecule has 1 saturated heterocycles. The van der Waals surface area contributed by atoms with Crippen LogP contribution in [0.1, 0.15) is 43.6 Å². The van der Waals surface area contributed by atoms with Gasteiger partial charge in [-0.15, -0.1) is 0 Å². The Morgan fingerprint density at radius 3 is 2.62 bits per heavy atom. The molecule has 0 radical (unpaired) electrons. The monoisotopic (exact) mass is 325 g/mol. The van der Waals surface area contributed by atoms with E-state index in [0.717, 1.165) is 31.7 Å². The molecule has 3 aliphatic rings. The van der Waals surface area contributed by atoms with Crippen molar-refractivity contribution in [3.8, 4) is 5.75 Å². The van der Waals surface area contributed by atoms with Crippen LogP contribution in [-0.2, 0) is 4.79 Å². The molecule has 3 nitrogen and oxygen atoms in total. The second-order valence-corrected chi connectivity index (χ2v) is 7.64. The van der Waals surface area contributed by atoms with Crippen molar-refractivity contribution in [2.45, 2.75) is 38.0 Å². The number of nitrogens with zero attached hydrogens (tertiary/aromatic N) is 1. The highest BCUT2D eigenvalue weighted by Gasteiger charge is 2.41. The molecule has 1 amide bonds. The summed E-state index contributed by atoms with van der Waals surface area (Å²) in [6.07, 6.45) is 10.4. The molecule has 4 rings (SSSR count). The Kier molecular flexibility index (Phi) is 4.34. The molecule has 1 aromatic carbocycles. The van der Waals surface area contributed by atoms with Crippen LogP contribution >= 0.6 is 0 Å². The Labute approximate surface area is 144 Å². The predicted octanol–water partition coefficient (Wildman–Crippen LogP) is 4.00. The lowest BCUT2D eigenvalue weighted by Crippen LogP contribution is -2.39. The van der Waals surface area contributed by atoms with Crippen LogP contribution in [-0.4, -0.2) is 31.0 Å². The maximum atomic E-state index is 13.1. The zero-order chi connectivity index (χ0) is 16.5. The number of amides is 1. The van der Waals surface area contributed by atoms with E-state index >= 15 is 0 Å². The Bertz CT molecular complexity index is 621. The third kappa shape index (κ3) is 2.97. The van der Waals surface area contributed by atoms with Gasteiger partial charge in [0.25, 0.3) is 0 Å². The molecule has 0 aromatic heterocycles. The van der Waals surface area contributed by atoms with Crippen molar-refractivity contribution >= 4 is 5.91 Å². The van der Waals surface area contributed by atoms with Crippen LogP contribution < -0.4 is 4.74 Å². The summed E-state index contributed by atoms with van der Waals surface area (Å²) in [5, 5.41) is 0. The molecule has 128 valence electrons. The van der Waals surface area contributed by atoms with Gasteiger partial charge in [0.2, 0.25) is 5.91 Å². The van der Waals surface area contributed by atoms with Crippen molar-refractivity contribution in [2.24, 2.45) is 17.8 Å². The van der Waals surface area contributed by atoms with Crippen LogP contribution in [0, 0.1) is 17.8 Å². The summed E-state index contributed by atoms with van der Waals surface area (Å²) in [6.45, 7) is 1.81. The van der Waals surface area contributed by atoms with Crippen LogP contribution in [0.2, 0.25) is 0 Å². The van der Waals surface area contributed by atoms with E-state index in [9.17, 15) is 4.79 Å². The van der Waals surface area contributed by atoms with Gasteiger partial charge in [0.1, 0.15) is 5.75 Å². The molecule has 1 saturated carbocycles. The van der Waals surface area contributed by atoms with Crippen molar-refractivity contribution in [1.29, 1.82) is 0 Å². The maximum absolute atomic E-state index is 13.1. The highest BCUT2D eigenvalue weighted by atomic mass is 16.5. The normalized spacial score (nSPS) is 32.0. The van der Waals surface area contributed by atoms with Crippen molar-refractivity contribution in [3.63, 3.8) is 0 Å². The third-order valence-electron chi connectivity index (χ3n) is 6.17. The highest BCUT2D eigenvalue weighted by Crippen LogP contribution is 2.44. The van der Waals surface area contributed by atoms with Gasteiger partial charge >= 0.3 is 0 Å². The standard InChI is InChI=1S/C21H27NO2/c1-24-19-9-7-16(8-10-19)18-4-2-3-11-22(14-18)21(23)20-13-15-5-6-17(20)12-15/h5-10,15,17-18,20H,2-4,11-14H2,1H3/t15-,17-,18+,20-/m0/s1. The van der Waals surface area contributed by atoms with E-state index in [0.29, 0.717) is 23.7 Å². The number of benzene rings is 1. The fourth-order valence-electron chi connectivity index (χ4n) is 4.79. The molecule has 1 heterocycles. The minimum Gasteiger partial charge on any atom is -0.497 e. The number of likely N-dealkylation sites (tertiary alicyclic amines) is 1. The van der Waals surface area contributed by atoms with Gasteiger partial charge in [0.05, 0.1) is 7.11 Å². The number of hydrogen-bond acceptors (Lipinski definition) is 2. The van der Waals surface area contributed by atoms with Crippen molar-refractivity contribution in [3.05, 3.63) is 42.0 Å². The molecule has 2 fully saturated rings. The Balaban J connectivity index is 1.47. The second kappa shape index (κ2) is 6.62. The minimum atomic E-state index is 0.245. The molecule has 2 aliphatic carbocycles. The van der Waals surface area contributed by atoms with Gasteiger partial charge in [-0.25, -0.2) is 0 Å². The van der Waals surface area contributed by atoms with Crippen LogP contribution in [0.4, 0.5) is 0 Å². The van der Waals surface area contributed by atoms with Crippen LogP contribution in [0.5, 0.6) is 5.75 Å². The number of carbonyl (C=O) groups is 1. The Hall–Kier alpha value is -1.77. The van der Waals surface area contributed by atoms with Crippen LogP contribution in [0.25, 0.3) is 0 Å². The maximum Gasteiger partial charge on any atom is 0.226 e. The number of methoxy groups -OCH3 is 1. The minimum absolute atomic E-state index is 0.245. The quantitative estimate of drug-likeness (QED) is 0.786. The number of ether oxygens (including phenoxy) is 1. The van der Waals surface area contributed by atoms with Gasteiger partial charge in [0.15, 0.2) is 0 Å². The van der Waals surface area contributed by atoms with Crippen molar-refractivity contribution < 1.29 is 9.53 Å². The Morgan fingerprint density at radius 1 is 1.12 bits per heavy atom. The van der Waals surface area contributed by atoms with E-state index in [-0.39, 0.29) is 5.92 Å². The number of allylic oxidation sites excluding steroid dienone is 2. The molecule has 0 unspecified atom stereocenters. The molecule has 0 N–H and O–H groups in total. The molecular formula is C21H27NO2. The lowest BCUT2D eigenvalue weighted by Gasteiger charge is -2.29. The molecule has 0 spiro atoms. The molecular weight excluding hydrogens is 298 g/mol. The number of rotatable bonds is 3. The number of hydrogen-bond donors (Lipinski definition) is 0. The van der Waals surface area contributed by atoms with Crippen molar-refractivity contribution in [2.75, 3.05) is 20.2 Å². The SMILES string of the molecule is COc1ccc([C@@H]2CCCCN(C(=O)[C@H]3C[C@H]4C=C[C@H]3C4)C2)cc1. The zero-order valence-electron chi connectivity index (χ0n) is 14.5. The van der Waals surface area contributed by atoms with E-state index < -0.39 is 0 Å². The van der Waals surface area contributed by atoms with Gasteiger partial charge in [-0.1, -0.05) is 30.7 Å². The molecule has 2 bridgehead atoms. The largest absolute Gasteiger partial charge is 0.497 e. The first-order chi connectivity index (χ1) is 11.7. The van der Waals surface area contributed by atoms with Gasteiger partial charge in [-0.3, -0.25) is 4.79 Å². The first-order valence-electron chi connectivity index (χ1n) is 9.35. The lowest BCUT2D eigenvalue weighted by atomic mass is 9.91.